The first-order chi connectivity index (χ1) is 11.2. The molecule has 2 aromatic rings. The van der Waals surface area contributed by atoms with E-state index in [1.165, 1.54) is 5.52 Å². The number of carbonyl (C=O) groups excluding carboxylic acids is 1. The molecule has 124 valence electrons. The molecule has 1 amide bonds. The van der Waals surface area contributed by atoms with Crippen molar-refractivity contribution in [3.05, 3.63) is 30.1 Å². The number of aryl methyl sites for hydroxylation is 1. The second-order valence-corrected chi connectivity index (χ2v) is 6.56. The second kappa shape index (κ2) is 7.16. The number of rotatable bonds is 7. The largest absolute Gasteiger partial charge is 0.342 e. The third kappa shape index (κ3) is 3.26. The van der Waals surface area contributed by atoms with Crippen LogP contribution in [0.15, 0.2) is 24.3 Å². The molecule has 2 heterocycles. The van der Waals surface area contributed by atoms with Crippen LogP contribution in [-0.2, 0) is 11.3 Å². The van der Waals surface area contributed by atoms with Gasteiger partial charge >= 0.3 is 0 Å². The zero-order valence-corrected chi connectivity index (χ0v) is 14.3. The number of nitrogens with zero attached hydrogens (tertiary/aromatic N) is 3. The zero-order valence-electron chi connectivity index (χ0n) is 14.3. The minimum atomic E-state index is 0.239. The average Bonchev–Trinajstić information content (AvgIpc) is 3.11. The monoisotopic (exact) mass is 313 g/mol. The molecular weight excluding hydrogens is 286 g/mol. The third-order valence-electron chi connectivity index (χ3n) is 4.78. The molecule has 1 saturated heterocycles. The van der Waals surface area contributed by atoms with E-state index >= 15 is 0 Å². The molecular formula is C19H27N3O. The summed E-state index contributed by atoms with van der Waals surface area (Å²) in [5, 5.41) is 0. The third-order valence-corrected chi connectivity index (χ3v) is 4.78. The Hall–Kier alpha value is -1.84. The van der Waals surface area contributed by atoms with Gasteiger partial charge in [0.2, 0.25) is 5.91 Å². The molecule has 0 N–H and O–H groups in total. The van der Waals surface area contributed by atoms with Crippen LogP contribution >= 0.6 is 0 Å². The number of carbonyl (C=O) groups is 1. The maximum absolute atomic E-state index is 12.3. The van der Waals surface area contributed by atoms with Crippen LogP contribution in [0.1, 0.15) is 57.7 Å². The number of benzene rings is 1. The molecule has 1 fully saturated rings. The first-order valence-corrected chi connectivity index (χ1v) is 8.97. The van der Waals surface area contributed by atoms with Gasteiger partial charge in [0.15, 0.2) is 0 Å². The Morgan fingerprint density at radius 3 is 2.65 bits per heavy atom. The Morgan fingerprint density at radius 2 is 1.87 bits per heavy atom. The van der Waals surface area contributed by atoms with E-state index in [2.05, 4.69) is 36.6 Å². The van der Waals surface area contributed by atoms with Gasteiger partial charge in [0.25, 0.3) is 0 Å². The summed E-state index contributed by atoms with van der Waals surface area (Å²) in [5.74, 6) is 1.63. The lowest BCUT2D eigenvalue weighted by Crippen LogP contribution is -2.26. The number of hydrogen-bond donors (Lipinski definition) is 0. The van der Waals surface area contributed by atoms with Crippen molar-refractivity contribution < 1.29 is 4.79 Å². The predicted molar refractivity (Wildman–Crippen MR) is 93.5 cm³/mol. The quantitative estimate of drug-likeness (QED) is 0.776. The average molecular weight is 313 g/mol. The fourth-order valence-electron chi connectivity index (χ4n) is 3.47. The fraction of sp³-hybridized carbons (Fsp3) is 0.579. The van der Waals surface area contributed by atoms with E-state index in [1.54, 1.807) is 0 Å². The lowest BCUT2D eigenvalue weighted by Gasteiger charge is -2.16. The molecule has 0 radical (unpaired) electrons. The van der Waals surface area contributed by atoms with Gasteiger partial charge in [-0.15, -0.1) is 0 Å². The molecule has 23 heavy (non-hydrogen) atoms. The minimum absolute atomic E-state index is 0.239. The van der Waals surface area contributed by atoms with Crippen molar-refractivity contribution in [2.24, 2.45) is 0 Å². The summed E-state index contributed by atoms with van der Waals surface area (Å²) in [6, 6.07) is 8.33. The maximum Gasteiger partial charge on any atom is 0.223 e. The van der Waals surface area contributed by atoms with Crippen LogP contribution in [0, 0.1) is 0 Å². The number of amides is 1. The van der Waals surface area contributed by atoms with Crippen molar-refractivity contribution in [1.29, 1.82) is 0 Å². The molecule has 4 nitrogen and oxygen atoms in total. The van der Waals surface area contributed by atoms with E-state index in [0.717, 1.165) is 56.7 Å². The summed E-state index contributed by atoms with van der Waals surface area (Å²) in [4.78, 5) is 19.2. The van der Waals surface area contributed by atoms with E-state index in [0.29, 0.717) is 6.42 Å². The molecule has 3 rings (SSSR count). The standard InChI is InChI=1S/C19H27N3O/c1-3-5-11-21-14-15(13-18(21)23)19-20-16-9-7-8-10-17(16)22(19)12-6-4-2/h7-10,15H,3-6,11-14H2,1-2H3. The van der Waals surface area contributed by atoms with Crippen LogP contribution < -0.4 is 0 Å². The van der Waals surface area contributed by atoms with Gasteiger partial charge in [-0.1, -0.05) is 38.8 Å². The van der Waals surface area contributed by atoms with Crippen LogP contribution in [-0.4, -0.2) is 33.4 Å². The van der Waals surface area contributed by atoms with E-state index in [-0.39, 0.29) is 11.8 Å². The van der Waals surface area contributed by atoms with Crippen LogP contribution in [0.2, 0.25) is 0 Å². The number of imidazole rings is 1. The zero-order chi connectivity index (χ0) is 16.2. The number of likely N-dealkylation sites (tertiary alicyclic amines) is 1. The number of hydrogen-bond acceptors (Lipinski definition) is 2. The van der Waals surface area contributed by atoms with Crippen molar-refractivity contribution in [3.63, 3.8) is 0 Å². The lowest BCUT2D eigenvalue weighted by atomic mass is 10.1. The van der Waals surface area contributed by atoms with Crippen molar-refractivity contribution in [2.75, 3.05) is 13.1 Å². The van der Waals surface area contributed by atoms with Crippen molar-refractivity contribution in [1.82, 2.24) is 14.5 Å². The Morgan fingerprint density at radius 1 is 1.13 bits per heavy atom. The van der Waals surface area contributed by atoms with Gasteiger partial charge in [-0.05, 0) is 25.0 Å². The molecule has 4 heteroatoms. The lowest BCUT2D eigenvalue weighted by molar-refractivity contribution is -0.127. The maximum atomic E-state index is 12.3. The summed E-state index contributed by atoms with van der Waals surface area (Å²) >= 11 is 0. The van der Waals surface area contributed by atoms with Gasteiger partial charge in [-0.3, -0.25) is 4.79 Å². The van der Waals surface area contributed by atoms with E-state index in [1.807, 2.05) is 11.0 Å². The summed E-state index contributed by atoms with van der Waals surface area (Å²) in [6.45, 7) is 7.09. The minimum Gasteiger partial charge on any atom is -0.342 e. The van der Waals surface area contributed by atoms with E-state index in [4.69, 9.17) is 4.98 Å². The highest BCUT2D eigenvalue weighted by molar-refractivity contribution is 5.80. The molecule has 0 bridgehead atoms. The molecule has 1 aromatic heterocycles. The number of para-hydroxylation sites is 2. The molecule has 0 saturated carbocycles. The summed E-state index contributed by atoms with van der Waals surface area (Å²) in [7, 11) is 0. The topological polar surface area (TPSA) is 38.1 Å². The van der Waals surface area contributed by atoms with E-state index < -0.39 is 0 Å². The van der Waals surface area contributed by atoms with E-state index in [9.17, 15) is 4.79 Å². The number of unbranched alkanes of at least 4 members (excludes halogenated alkanes) is 2. The molecule has 1 aromatic carbocycles. The second-order valence-electron chi connectivity index (χ2n) is 6.56. The highest BCUT2D eigenvalue weighted by Crippen LogP contribution is 2.30. The summed E-state index contributed by atoms with van der Waals surface area (Å²) in [6.07, 6.45) is 5.14. The van der Waals surface area contributed by atoms with Gasteiger partial charge in [0, 0.05) is 32.0 Å². The Labute approximate surface area is 138 Å². The molecule has 1 aliphatic heterocycles. The highest BCUT2D eigenvalue weighted by Gasteiger charge is 2.33. The van der Waals surface area contributed by atoms with Crippen molar-refractivity contribution >= 4 is 16.9 Å². The molecule has 1 unspecified atom stereocenters. The Kier molecular flexibility index (Phi) is 4.99. The number of fused-ring (bicyclic) bond motifs is 1. The predicted octanol–water partition coefficient (Wildman–Crippen LogP) is 3.95. The van der Waals surface area contributed by atoms with Crippen LogP contribution in [0.25, 0.3) is 11.0 Å². The SMILES string of the molecule is CCCCN1CC(c2nc3ccccc3n2CCCC)CC1=O. The molecule has 0 spiro atoms. The van der Waals surface area contributed by atoms with Gasteiger partial charge in [-0.2, -0.15) is 0 Å². The smallest absolute Gasteiger partial charge is 0.223 e. The van der Waals surface area contributed by atoms with Crippen LogP contribution in [0.4, 0.5) is 0 Å². The summed E-state index contributed by atoms with van der Waals surface area (Å²) in [5.41, 5.74) is 2.26. The van der Waals surface area contributed by atoms with Crippen molar-refractivity contribution in [3.8, 4) is 0 Å². The first kappa shape index (κ1) is 16.0. The van der Waals surface area contributed by atoms with Gasteiger partial charge in [0.05, 0.1) is 11.0 Å². The number of aromatic nitrogens is 2. The molecule has 0 aliphatic carbocycles. The fourth-order valence-corrected chi connectivity index (χ4v) is 3.47. The van der Waals surface area contributed by atoms with Gasteiger partial charge in [0.1, 0.15) is 5.82 Å². The highest BCUT2D eigenvalue weighted by atomic mass is 16.2. The normalized spacial score (nSPS) is 18.3. The van der Waals surface area contributed by atoms with Gasteiger partial charge in [-0.25, -0.2) is 4.98 Å². The van der Waals surface area contributed by atoms with Crippen molar-refractivity contribution in [2.45, 2.75) is 58.4 Å². The Bertz CT molecular complexity index is 676. The van der Waals surface area contributed by atoms with Crippen LogP contribution in [0.5, 0.6) is 0 Å². The first-order valence-electron chi connectivity index (χ1n) is 8.97. The Balaban J connectivity index is 1.88. The molecule has 1 atom stereocenters. The summed E-state index contributed by atoms with van der Waals surface area (Å²) < 4.78 is 2.35. The molecule has 1 aliphatic rings. The van der Waals surface area contributed by atoms with Gasteiger partial charge < -0.3 is 9.47 Å². The van der Waals surface area contributed by atoms with Crippen LogP contribution in [0.3, 0.4) is 0 Å².